The van der Waals surface area contributed by atoms with E-state index in [1.54, 1.807) is 29.7 Å². The number of carbonyl (C=O) groups excluding carboxylic acids is 1. The first kappa shape index (κ1) is 21.3. The highest BCUT2D eigenvalue weighted by molar-refractivity contribution is 7.16. The summed E-state index contributed by atoms with van der Waals surface area (Å²) >= 11 is 1.62. The number of carbonyl (C=O) groups is 1. The van der Waals surface area contributed by atoms with Gasteiger partial charge in [0.2, 0.25) is 0 Å². The summed E-state index contributed by atoms with van der Waals surface area (Å²) in [6.07, 6.45) is 8.23. The minimum absolute atomic E-state index is 0.101. The number of phenols is 1. The van der Waals surface area contributed by atoms with E-state index in [9.17, 15) is 9.90 Å². The number of hydrogen-bond donors (Lipinski definition) is 2. The molecule has 0 atom stereocenters. The minimum atomic E-state index is -0.101. The average Bonchev–Trinajstić information content (AvgIpc) is 3.07. The molecule has 0 saturated carbocycles. The van der Waals surface area contributed by atoms with E-state index in [0.717, 1.165) is 53.1 Å². The zero-order valence-corrected chi connectivity index (χ0v) is 18.9. The Morgan fingerprint density at radius 3 is 2.61 bits per heavy atom. The molecule has 31 heavy (non-hydrogen) atoms. The molecule has 1 amide bonds. The number of fused-ring (bicyclic) bond motifs is 1. The minimum Gasteiger partial charge on any atom is -0.507 e. The van der Waals surface area contributed by atoms with Crippen molar-refractivity contribution in [1.82, 2.24) is 0 Å². The third kappa shape index (κ3) is 4.72. The molecule has 1 aliphatic carbocycles. The molecule has 2 N–H and O–H groups in total. The molecular formula is C26H28N2O2S. The predicted octanol–water partition coefficient (Wildman–Crippen LogP) is 6.73. The van der Waals surface area contributed by atoms with E-state index in [2.05, 4.69) is 10.3 Å². The summed E-state index contributed by atoms with van der Waals surface area (Å²) in [4.78, 5) is 19.4. The molecule has 0 saturated heterocycles. The van der Waals surface area contributed by atoms with Gasteiger partial charge in [0.25, 0.3) is 5.91 Å². The van der Waals surface area contributed by atoms with E-state index in [0.29, 0.717) is 11.1 Å². The number of para-hydroxylation sites is 1. The van der Waals surface area contributed by atoms with Crippen molar-refractivity contribution >= 4 is 34.1 Å². The van der Waals surface area contributed by atoms with Crippen molar-refractivity contribution in [2.24, 2.45) is 4.99 Å². The summed E-state index contributed by atoms with van der Waals surface area (Å²) in [6, 6.07) is 13.1. The van der Waals surface area contributed by atoms with Gasteiger partial charge in [-0.05, 0) is 74.4 Å². The third-order valence-corrected chi connectivity index (χ3v) is 7.19. The van der Waals surface area contributed by atoms with Crippen molar-refractivity contribution in [2.75, 3.05) is 5.32 Å². The van der Waals surface area contributed by atoms with Crippen LogP contribution in [0.3, 0.4) is 0 Å². The predicted molar refractivity (Wildman–Crippen MR) is 129 cm³/mol. The molecule has 0 spiro atoms. The number of aryl methyl sites for hydroxylation is 2. The largest absolute Gasteiger partial charge is 0.507 e. The summed E-state index contributed by atoms with van der Waals surface area (Å²) in [5, 5.41) is 13.9. The molecule has 1 aliphatic rings. The smallest absolute Gasteiger partial charge is 0.259 e. The molecule has 1 aromatic heterocycles. The molecular weight excluding hydrogens is 404 g/mol. The van der Waals surface area contributed by atoms with Crippen molar-refractivity contribution in [3.8, 4) is 5.75 Å². The Bertz CT molecular complexity index is 1130. The number of amides is 1. The van der Waals surface area contributed by atoms with Gasteiger partial charge in [-0.3, -0.25) is 4.79 Å². The van der Waals surface area contributed by atoms with Gasteiger partial charge in [-0.2, -0.15) is 0 Å². The number of nitrogens with one attached hydrogen (secondary N) is 1. The standard InChI is InChI=1S/C26H28N2O2S/c1-17-10-9-13-21(18(17)2)28-25(30)24-20-12-5-3-4-6-15-23(20)31-26(24)27-16-19-11-7-8-14-22(19)29/h7-11,13-14,16,29H,3-6,12,15H2,1-2H3,(H,28,30). The zero-order chi connectivity index (χ0) is 21.8. The number of thiophene rings is 1. The Kier molecular flexibility index (Phi) is 6.52. The van der Waals surface area contributed by atoms with Gasteiger partial charge in [0.05, 0.1) is 5.56 Å². The van der Waals surface area contributed by atoms with Gasteiger partial charge >= 0.3 is 0 Å². The van der Waals surface area contributed by atoms with Gasteiger partial charge in [0, 0.05) is 22.3 Å². The maximum Gasteiger partial charge on any atom is 0.259 e. The summed E-state index contributed by atoms with van der Waals surface area (Å²) in [5.74, 6) is 0.0822. The fourth-order valence-electron chi connectivity index (χ4n) is 4.03. The average molecular weight is 433 g/mol. The van der Waals surface area contributed by atoms with Gasteiger partial charge in [-0.25, -0.2) is 4.99 Å². The van der Waals surface area contributed by atoms with E-state index >= 15 is 0 Å². The highest BCUT2D eigenvalue weighted by Crippen LogP contribution is 2.39. The molecule has 0 unspecified atom stereocenters. The van der Waals surface area contributed by atoms with Crippen LogP contribution in [0.1, 0.15) is 63.2 Å². The highest BCUT2D eigenvalue weighted by Gasteiger charge is 2.24. The molecule has 4 rings (SSSR count). The quantitative estimate of drug-likeness (QED) is 0.449. The van der Waals surface area contributed by atoms with Crippen LogP contribution < -0.4 is 5.32 Å². The lowest BCUT2D eigenvalue weighted by atomic mass is 9.96. The van der Waals surface area contributed by atoms with Crippen LogP contribution in [0, 0.1) is 13.8 Å². The second-order valence-electron chi connectivity index (χ2n) is 8.12. The van der Waals surface area contributed by atoms with E-state index in [1.165, 1.54) is 17.7 Å². The van der Waals surface area contributed by atoms with Gasteiger partial charge in [-0.1, -0.05) is 37.1 Å². The number of benzene rings is 2. The number of aromatic hydroxyl groups is 1. The van der Waals surface area contributed by atoms with Gasteiger partial charge in [0.1, 0.15) is 10.8 Å². The summed E-state index contributed by atoms with van der Waals surface area (Å²) in [6.45, 7) is 4.08. The van der Waals surface area contributed by atoms with Crippen LogP contribution in [0.4, 0.5) is 10.7 Å². The molecule has 0 radical (unpaired) electrons. The number of aliphatic imine (C=N–C) groups is 1. The molecule has 5 heteroatoms. The van der Waals surface area contributed by atoms with Crippen molar-refractivity contribution in [2.45, 2.75) is 52.4 Å². The SMILES string of the molecule is Cc1cccc(NC(=O)c2c(N=Cc3ccccc3O)sc3c2CCCCCC3)c1C. The number of rotatable bonds is 4. The monoisotopic (exact) mass is 432 g/mol. The van der Waals surface area contributed by atoms with E-state index < -0.39 is 0 Å². The lowest BCUT2D eigenvalue weighted by Crippen LogP contribution is -2.15. The molecule has 0 bridgehead atoms. The Balaban J connectivity index is 1.74. The van der Waals surface area contributed by atoms with Gasteiger partial charge in [-0.15, -0.1) is 11.3 Å². The third-order valence-electron chi connectivity index (χ3n) is 5.99. The Labute approximate surface area is 187 Å². The Hall–Kier alpha value is -2.92. The number of nitrogens with zero attached hydrogens (tertiary/aromatic N) is 1. The second-order valence-corrected chi connectivity index (χ2v) is 9.20. The topological polar surface area (TPSA) is 61.7 Å². The van der Waals surface area contributed by atoms with E-state index in [-0.39, 0.29) is 11.7 Å². The maximum absolute atomic E-state index is 13.5. The summed E-state index contributed by atoms with van der Waals surface area (Å²) < 4.78 is 0. The van der Waals surface area contributed by atoms with Crippen molar-refractivity contribution in [1.29, 1.82) is 0 Å². The van der Waals surface area contributed by atoms with Crippen LogP contribution in [0.15, 0.2) is 47.5 Å². The van der Waals surface area contributed by atoms with Crippen LogP contribution in [-0.4, -0.2) is 17.2 Å². The molecule has 0 aliphatic heterocycles. The van der Waals surface area contributed by atoms with Crippen molar-refractivity contribution in [3.05, 3.63) is 75.2 Å². The lowest BCUT2D eigenvalue weighted by Gasteiger charge is -2.13. The molecule has 4 nitrogen and oxygen atoms in total. The summed E-state index contributed by atoms with van der Waals surface area (Å²) in [5.41, 5.74) is 5.55. The van der Waals surface area contributed by atoms with Crippen LogP contribution >= 0.6 is 11.3 Å². The van der Waals surface area contributed by atoms with Crippen LogP contribution in [0.5, 0.6) is 5.75 Å². The first-order valence-corrected chi connectivity index (χ1v) is 11.7. The van der Waals surface area contributed by atoms with Gasteiger partial charge in [0.15, 0.2) is 0 Å². The molecule has 160 valence electrons. The molecule has 3 aromatic rings. The highest BCUT2D eigenvalue weighted by atomic mass is 32.1. The van der Waals surface area contributed by atoms with Gasteiger partial charge < -0.3 is 10.4 Å². The van der Waals surface area contributed by atoms with E-state index in [1.807, 2.05) is 44.2 Å². The Morgan fingerprint density at radius 1 is 1.03 bits per heavy atom. The van der Waals surface area contributed by atoms with Crippen molar-refractivity contribution < 1.29 is 9.90 Å². The number of anilines is 1. The number of phenolic OH excluding ortho intramolecular Hbond substituents is 1. The van der Waals surface area contributed by atoms with Crippen LogP contribution in [0.2, 0.25) is 0 Å². The molecule has 0 fully saturated rings. The molecule has 2 aromatic carbocycles. The number of hydrogen-bond acceptors (Lipinski definition) is 4. The maximum atomic E-state index is 13.5. The fourth-order valence-corrected chi connectivity index (χ4v) is 5.26. The van der Waals surface area contributed by atoms with Crippen LogP contribution in [0.25, 0.3) is 0 Å². The first-order valence-electron chi connectivity index (χ1n) is 10.9. The van der Waals surface area contributed by atoms with E-state index in [4.69, 9.17) is 0 Å². The lowest BCUT2D eigenvalue weighted by molar-refractivity contribution is 0.102. The fraction of sp³-hybridized carbons (Fsp3) is 0.308. The van der Waals surface area contributed by atoms with Crippen molar-refractivity contribution in [3.63, 3.8) is 0 Å². The van der Waals surface area contributed by atoms with Crippen LogP contribution in [-0.2, 0) is 12.8 Å². The second kappa shape index (κ2) is 9.48. The normalized spacial score (nSPS) is 14.1. The zero-order valence-electron chi connectivity index (χ0n) is 18.1. The molecule has 1 heterocycles. The summed E-state index contributed by atoms with van der Waals surface area (Å²) in [7, 11) is 0. The Morgan fingerprint density at radius 2 is 1.81 bits per heavy atom. The first-order chi connectivity index (χ1) is 15.0.